The number of carbonyl (C=O) groups excluding carboxylic acids is 1. The van der Waals surface area contributed by atoms with Crippen LogP contribution in [0.5, 0.6) is 0 Å². The van der Waals surface area contributed by atoms with E-state index in [1.807, 2.05) is 0 Å². The molecule has 0 N–H and O–H groups in total. The number of carbonyl (C=O) groups is 1. The summed E-state index contributed by atoms with van der Waals surface area (Å²) in [5.41, 5.74) is 0. The number of rotatable bonds is 2. The molecule has 0 saturated carbocycles. The van der Waals surface area contributed by atoms with Gasteiger partial charge in [0.05, 0.1) is 4.83 Å². The molecule has 1 rings (SSSR count). The fourth-order valence-corrected chi connectivity index (χ4v) is 2.31. The van der Waals surface area contributed by atoms with E-state index in [0.29, 0.717) is 12.0 Å². The molecule has 0 aromatic rings. The molecule has 0 bridgehead atoms. The summed E-state index contributed by atoms with van der Waals surface area (Å²) in [6.07, 6.45) is 4.85. The van der Waals surface area contributed by atoms with E-state index in [9.17, 15) is 4.79 Å². The number of nitrogens with zero attached hydrogens (tertiary/aromatic N) is 1. The van der Waals surface area contributed by atoms with Crippen LogP contribution in [0.3, 0.4) is 0 Å². The van der Waals surface area contributed by atoms with Gasteiger partial charge in [-0.05, 0) is 25.7 Å². The quantitative estimate of drug-likeness (QED) is 0.709. The molecule has 0 aromatic carbocycles. The third-order valence-electron chi connectivity index (χ3n) is 3.16. The summed E-state index contributed by atoms with van der Waals surface area (Å²) in [4.78, 5) is 14.2. The zero-order chi connectivity index (χ0) is 11.4. The summed E-state index contributed by atoms with van der Waals surface area (Å²) in [7, 11) is 0. The zero-order valence-corrected chi connectivity index (χ0v) is 11.6. The number of alkyl halides is 1. The van der Waals surface area contributed by atoms with Gasteiger partial charge < -0.3 is 4.90 Å². The van der Waals surface area contributed by atoms with E-state index in [1.165, 1.54) is 12.8 Å². The third-order valence-corrected chi connectivity index (χ3v) is 4.61. The molecule has 88 valence electrons. The normalized spacial score (nSPS) is 25.1. The maximum atomic E-state index is 12.2. The van der Waals surface area contributed by atoms with Crippen LogP contribution >= 0.6 is 15.9 Å². The first kappa shape index (κ1) is 13.0. The summed E-state index contributed by atoms with van der Waals surface area (Å²) >= 11 is 3.50. The fraction of sp³-hybridized carbons (Fsp3) is 0.917. The first-order chi connectivity index (χ1) is 7.04. The summed E-state index contributed by atoms with van der Waals surface area (Å²) < 4.78 is 0. The summed E-state index contributed by atoms with van der Waals surface area (Å²) in [6.45, 7) is 7.28. The molecule has 0 radical (unpaired) electrons. The van der Waals surface area contributed by atoms with Gasteiger partial charge in [-0.2, -0.15) is 0 Å². The highest BCUT2D eigenvalue weighted by molar-refractivity contribution is 9.10. The first-order valence-electron chi connectivity index (χ1n) is 5.98. The van der Waals surface area contributed by atoms with Crippen molar-refractivity contribution in [3.63, 3.8) is 0 Å². The predicted octanol–water partition coefficient (Wildman–Crippen LogP) is 3.20. The van der Waals surface area contributed by atoms with Gasteiger partial charge in [-0.15, -0.1) is 0 Å². The van der Waals surface area contributed by atoms with Crippen molar-refractivity contribution >= 4 is 21.8 Å². The van der Waals surface area contributed by atoms with Crippen LogP contribution < -0.4 is 0 Å². The standard InChI is InChI=1S/C12H22BrNO/c1-9(2)11(13)12(15)14-8-6-4-5-7-10(14)3/h9-11H,4-8H2,1-3H3. The van der Waals surface area contributed by atoms with Crippen LogP contribution in [0.25, 0.3) is 0 Å². The zero-order valence-electron chi connectivity index (χ0n) is 10.0. The molecule has 2 unspecified atom stereocenters. The molecule has 1 fully saturated rings. The topological polar surface area (TPSA) is 20.3 Å². The number of halogens is 1. The second-order valence-corrected chi connectivity index (χ2v) is 5.86. The van der Waals surface area contributed by atoms with E-state index >= 15 is 0 Å². The highest BCUT2D eigenvalue weighted by atomic mass is 79.9. The Morgan fingerprint density at radius 3 is 2.60 bits per heavy atom. The van der Waals surface area contributed by atoms with Gasteiger partial charge in [-0.25, -0.2) is 0 Å². The highest BCUT2D eigenvalue weighted by Crippen LogP contribution is 2.21. The molecule has 0 aliphatic carbocycles. The Labute approximate surface area is 102 Å². The molecule has 1 aliphatic rings. The van der Waals surface area contributed by atoms with Crippen molar-refractivity contribution in [3.8, 4) is 0 Å². The highest BCUT2D eigenvalue weighted by Gasteiger charge is 2.28. The van der Waals surface area contributed by atoms with Crippen LogP contribution in [-0.2, 0) is 4.79 Å². The van der Waals surface area contributed by atoms with Crippen LogP contribution in [0.1, 0.15) is 46.5 Å². The molecule has 3 heteroatoms. The molecular formula is C12H22BrNO. The minimum atomic E-state index is -0.0157. The van der Waals surface area contributed by atoms with E-state index in [2.05, 4.69) is 41.6 Å². The fourth-order valence-electron chi connectivity index (χ4n) is 2.05. The van der Waals surface area contributed by atoms with Crippen molar-refractivity contribution in [1.29, 1.82) is 0 Å². The Bertz CT molecular complexity index is 218. The molecular weight excluding hydrogens is 254 g/mol. The molecule has 1 saturated heterocycles. The van der Waals surface area contributed by atoms with Crippen molar-refractivity contribution < 1.29 is 4.79 Å². The number of hydrogen-bond acceptors (Lipinski definition) is 1. The minimum Gasteiger partial charge on any atom is -0.339 e. The third kappa shape index (κ3) is 3.47. The van der Waals surface area contributed by atoms with Crippen molar-refractivity contribution in [2.45, 2.75) is 57.3 Å². The van der Waals surface area contributed by atoms with Gasteiger partial charge in [0.25, 0.3) is 0 Å². The van der Waals surface area contributed by atoms with E-state index in [0.717, 1.165) is 19.4 Å². The summed E-state index contributed by atoms with van der Waals surface area (Å²) in [5.74, 6) is 0.646. The van der Waals surface area contributed by atoms with Crippen LogP contribution in [0.15, 0.2) is 0 Å². The minimum absolute atomic E-state index is 0.0157. The SMILES string of the molecule is CC(C)C(Br)C(=O)N1CCCCCC1C. The largest absolute Gasteiger partial charge is 0.339 e. The van der Waals surface area contributed by atoms with Crippen molar-refractivity contribution in [2.75, 3.05) is 6.54 Å². The van der Waals surface area contributed by atoms with Gasteiger partial charge in [-0.3, -0.25) is 4.79 Å². The van der Waals surface area contributed by atoms with E-state index in [-0.39, 0.29) is 10.7 Å². The maximum absolute atomic E-state index is 12.2. The molecule has 1 heterocycles. The summed E-state index contributed by atoms with van der Waals surface area (Å²) in [5, 5.41) is 0. The Morgan fingerprint density at radius 1 is 1.33 bits per heavy atom. The number of likely N-dealkylation sites (tertiary alicyclic amines) is 1. The van der Waals surface area contributed by atoms with Crippen LogP contribution in [0, 0.1) is 5.92 Å². The van der Waals surface area contributed by atoms with Crippen molar-refractivity contribution in [1.82, 2.24) is 4.90 Å². The lowest BCUT2D eigenvalue weighted by atomic mass is 10.1. The Hall–Kier alpha value is -0.0500. The van der Waals surface area contributed by atoms with Gasteiger partial charge in [-0.1, -0.05) is 42.6 Å². The van der Waals surface area contributed by atoms with E-state index in [1.54, 1.807) is 0 Å². The molecule has 0 aromatic heterocycles. The lowest BCUT2D eigenvalue weighted by Crippen LogP contribution is -2.43. The average molecular weight is 276 g/mol. The second-order valence-electron chi connectivity index (χ2n) is 4.88. The molecule has 15 heavy (non-hydrogen) atoms. The van der Waals surface area contributed by atoms with Crippen LogP contribution in [-0.4, -0.2) is 28.2 Å². The molecule has 2 atom stereocenters. The van der Waals surface area contributed by atoms with E-state index < -0.39 is 0 Å². The van der Waals surface area contributed by atoms with Gasteiger partial charge in [0.2, 0.25) is 5.91 Å². The Kier molecular flexibility index (Phi) is 5.10. The number of amides is 1. The Morgan fingerprint density at radius 2 is 2.00 bits per heavy atom. The molecule has 0 spiro atoms. The van der Waals surface area contributed by atoms with Gasteiger partial charge >= 0.3 is 0 Å². The lowest BCUT2D eigenvalue weighted by Gasteiger charge is -2.30. The van der Waals surface area contributed by atoms with Crippen molar-refractivity contribution in [3.05, 3.63) is 0 Å². The summed E-state index contributed by atoms with van der Waals surface area (Å²) in [6, 6.07) is 0.416. The van der Waals surface area contributed by atoms with E-state index in [4.69, 9.17) is 0 Å². The van der Waals surface area contributed by atoms with Crippen LogP contribution in [0.2, 0.25) is 0 Å². The maximum Gasteiger partial charge on any atom is 0.236 e. The average Bonchev–Trinajstić information content (AvgIpc) is 2.40. The number of hydrogen-bond donors (Lipinski definition) is 0. The smallest absolute Gasteiger partial charge is 0.236 e. The first-order valence-corrected chi connectivity index (χ1v) is 6.90. The predicted molar refractivity (Wildman–Crippen MR) is 67.2 cm³/mol. The van der Waals surface area contributed by atoms with Crippen molar-refractivity contribution in [2.24, 2.45) is 5.92 Å². The molecule has 1 aliphatic heterocycles. The van der Waals surface area contributed by atoms with Gasteiger partial charge in [0.1, 0.15) is 0 Å². The Balaban J connectivity index is 2.63. The molecule has 1 amide bonds. The van der Waals surface area contributed by atoms with Gasteiger partial charge in [0.15, 0.2) is 0 Å². The second kappa shape index (κ2) is 5.88. The van der Waals surface area contributed by atoms with Gasteiger partial charge in [0, 0.05) is 12.6 Å². The lowest BCUT2D eigenvalue weighted by molar-refractivity contribution is -0.133. The monoisotopic (exact) mass is 275 g/mol. The van der Waals surface area contributed by atoms with Crippen LogP contribution in [0.4, 0.5) is 0 Å². The molecule has 2 nitrogen and oxygen atoms in total.